The Labute approximate surface area is 158 Å². The predicted molar refractivity (Wildman–Crippen MR) is 102 cm³/mol. The first-order chi connectivity index (χ1) is 12.8. The molecule has 1 aliphatic heterocycles. The minimum atomic E-state index is -3.69. The van der Waals surface area contributed by atoms with E-state index in [4.69, 9.17) is 0 Å². The van der Waals surface area contributed by atoms with Gasteiger partial charge < -0.3 is 9.47 Å². The van der Waals surface area contributed by atoms with E-state index in [1.54, 1.807) is 23.9 Å². The molecule has 1 saturated heterocycles. The molecule has 10 heteroatoms. The second-order valence-electron chi connectivity index (χ2n) is 7.18. The van der Waals surface area contributed by atoms with E-state index in [2.05, 4.69) is 19.9 Å². The highest BCUT2D eigenvalue weighted by molar-refractivity contribution is 7.89. The number of aromatic nitrogens is 4. The summed E-state index contributed by atoms with van der Waals surface area (Å²) in [7, 11) is -1.90. The molecule has 0 bridgehead atoms. The van der Waals surface area contributed by atoms with Crippen LogP contribution in [0.3, 0.4) is 0 Å². The summed E-state index contributed by atoms with van der Waals surface area (Å²) in [5.74, 6) is 1.52. The molecule has 1 atom stereocenters. The van der Waals surface area contributed by atoms with Crippen molar-refractivity contribution < 1.29 is 8.42 Å². The number of imidazole rings is 1. The van der Waals surface area contributed by atoms with Crippen molar-refractivity contribution in [2.45, 2.75) is 50.1 Å². The number of aromatic amines is 1. The van der Waals surface area contributed by atoms with E-state index >= 15 is 0 Å². The Morgan fingerprint density at radius 1 is 1.33 bits per heavy atom. The molecule has 0 saturated carbocycles. The summed E-state index contributed by atoms with van der Waals surface area (Å²) in [5, 5.41) is 6.56. The van der Waals surface area contributed by atoms with E-state index in [0.29, 0.717) is 5.82 Å². The van der Waals surface area contributed by atoms with E-state index in [1.807, 2.05) is 18.7 Å². The lowest BCUT2D eigenvalue weighted by atomic mass is 10.0. The van der Waals surface area contributed by atoms with Crippen LogP contribution in [0.4, 0.5) is 5.82 Å². The maximum atomic E-state index is 12.7. The highest BCUT2D eigenvalue weighted by Gasteiger charge is 2.27. The Balaban J connectivity index is 1.74. The molecule has 0 amide bonds. The van der Waals surface area contributed by atoms with Crippen LogP contribution in [0.15, 0.2) is 28.2 Å². The highest BCUT2D eigenvalue weighted by atomic mass is 32.2. The van der Waals surface area contributed by atoms with Crippen LogP contribution in [-0.2, 0) is 17.1 Å². The van der Waals surface area contributed by atoms with E-state index in [1.165, 1.54) is 6.07 Å². The van der Waals surface area contributed by atoms with Gasteiger partial charge in [0, 0.05) is 44.4 Å². The van der Waals surface area contributed by atoms with Gasteiger partial charge in [-0.05, 0) is 25.3 Å². The van der Waals surface area contributed by atoms with E-state index in [0.717, 1.165) is 31.6 Å². The molecule has 9 nitrogen and oxygen atoms in total. The summed E-state index contributed by atoms with van der Waals surface area (Å²) in [4.78, 5) is 17.6. The molecule has 0 spiro atoms. The van der Waals surface area contributed by atoms with Crippen LogP contribution >= 0.6 is 0 Å². The van der Waals surface area contributed by atoms with Gasteiger partial charge in [0.05, 0.1) is 0 Å². The lowest BCUT2D eigenvalue weighted by Crippen LogP contribution is -2.47. The van der Waals surface area contributed by atoms with Gasteiger partial charge in [-0.3, -0.25) is 4.79 Å². The van der Waals surface area contributed by atoms with Crippen LogP contribution in [0.5, 0.6) is 0 Å². The monoisotopic (exact) mass is 394 g/mol. The van der Waals surface area contributed by atoms with Crippen molar-refractivity contribution in [2.75, 3.05) is 18.0 Å². The van der Waals surface area contributed by atoms with Crippen molar-refractivity contribution >= 4 is 15.8 Å². The Morgan fingerprint density at radius 2 is 2.11 bits per heavy atom. The topological polar surface area (TPSA) is 113 Å². The third-order valence-electron chi connectivity index (χ3n) is 4.78. The van der Waals surface area contributed by atoms with Crippen molar-refractivity contribution in [3.05, 3.63) is 34.5 Å². The number of hydrogen-bond donors (Lipinski definition) is 2. The molecular weight excluding hydrogens is 368 g/mol. The minimum absolute atomic E-state index is 0.0276. The third-order valence-corrected chi connectivity index (χ3v) is 6.07. The van der Waals surface area contributed by atoms with Crippen LogP contribution in [0.2, 0.25) is 0 Å². The summed E-state index contributed by atoms with van der Waals surface area (Å²) in [6.45, 7) is 4.98. The van der Waals surface area contributed by atoms with Crippen molar-refractivity contribution in [1.29, 1.82) is 0 Å². The molecule has 148 valence electrons. The first kappa shape index (κ1) is 19.6. The molecule has 2 N–H and O–H groups in total. The number of H-pyrrole nitrogens is 1. The Hall–Kier alpha value is -2.20. The molecular formula is C17H26N6O3S. The SMILES string of the molecule is CC(C)c1nc(S(=O)(=O)NCC2CCCCN2c2ccc(=O)[nH]n2)cn1C. The predicted octanol–water partition coefficient (Wildman–Crippen LogP) is 0.964. The van der Waals surface area contributed by atoms with Gasteiger partial charge in [-0.1, -0.05) is 13.8 Å². The molecule has 0 radical (unpaired) electrons. The second kappa shape index (κ2) is 7.81. The second-order valence-corrected chi connectivity index (χ2v) is 8.89. The quantitative estimate of drug-likeness (QED) is 0.755. The largest absolute Gasteiger partial charge is 0.351 e. The van der Waals surface area contributed by atoms with Gasteiger partial charge in [-0.15, -0.1) is 0 Å². The van der Waals surface area contributed by atoms with Gasteiger partial charge in [0.2, 0.25) is 0 Å². The highest BCUT2D eigenvalue weighted by Crippen LogP contribution is 2.22. The maximum absolute atomic E-state index is 12.7. The van der Waals surface area contributed by atoms with Crippen molar-refractivity contribution in [3.8, 4) is 0 Å². The third kappa shape index (κ3) is 4.38. The minimum Gasteiger partial charge on any atom is -0.351 e. The number of nitrogens with zero attached hydrogens (tertiary/aromatic N) is 4. The standard InChI is InChI=1S/C17H26N6O3S/c1-12(2)17-19-16(11-22(17)3)27(25,26)18-10-13-6-4-5-9-23(13)14-7-8-15(24)21-20-14/h7-8,11-13,18H,4-6,9-10H2,1-3H3,(H,21,24). The normalized spacial score (nSPS) is 18.2. The fraction of sp³-hybridized carbons (Fsp3) is 0.588. The Morgan fingerprint density at radius 3 is 2.74 bits per heavy atom. The van der Waals surface area contributed by atoms with Gasteiger partial charge in [0.15, 0.2) is 5.03 Å². The molecule has 3 rings (SSSR count). The van der Waals surface area contributed by atoms with Gasteiger partial charge in [0.1, 0.15) is 11.6 Å². The number of rotatable bonds is 6. The van der Waals surface area contributed by atoms with Crippen molar-refractivity contribution in [3.63, 3.8) is 0 Å². The molecule has 2 aromatic rings. The number of piperidine rings is 1. The first-order valence-electron chi connectivity index (χ1n) is 9.13. The Bertz CT molecular complexity index is 929. The molecule has 0 aliphatic carbocycles. The van der Waals surface area contributed by atoms with E-state index in [-0.39, 0.29) is 29.1 Å². The van der Waals surface area contributed by atoms with Crippen molar-refractivity contribution in [1.82, 2.24) is 24.5 Å². The fourth-order valence-electron chi connectivity index (χ4n) is 3.41. The summed E-state index contributed by atoms with van der Waals surface area (Å²) in [5.41, 5.74) is -0.260. The van der Waals surface area contributed by atoms with E-state index in [9.17, 15) is 13.2 Å². The molecule has 1 unspecified atom stereocenters. The van der Waals surface area contributed by atoms with Gasteiger partial charge in [-0.2, -0.15) is 5.10 Å². The van der Waals surface area contributed by atoms with Crippen LogP contribution in [0.1, 0.15) is 44.9 Å². The number of hydrogen-bond acceptors (Lipinski definition) is 6. The zero-order chi connectivity index (χ0) is 19.6. The summed E-state index contributed by atoms with van der Waals surface area (Å²) >= 11 is 0. The average molecular weight is 395 g/mol. The molecule has 2 aromatic heterocycles. The van der Waals surface area contributed by atoms with Gasteiger partial charge >= 0.3 is 0 Å². The Kier molecular flexibility index (Phi) is 5.66. The number of aryl methyl sites for hydroxylation is 1. The molecule has 3 heterocycles. The zero-order valence-electron chi connectivity index (χ0n) is 15.8. The molecule has 1 fully saturated rings. The van der Waals surface area contributed by atoms with Crippen LogP contribution < -0.4 is 15.2 Å². The molecule has 0 aromatic carbocycles. The summed E-state index contributed by atoms with van der Waals surface area (Å²) < 4.78 is 29.8. The maximum Gasteiger partial charge on any atom is 0.264 e. The van der Waals surface area contributed by atoms with Crippen LogP contribution in [0.25, 0.3) is 0 Å². The number of sulfonamides is 1. The average Bonchev–Trinajstić information content (AvgIpc) is 3.04. The van der Waals surface area contributed by atoms with E-state index < -0.39 is 10.0 Å². The van der Waals surface area contributed by atoms with Crippen LogP contribution in [-0.4, -0.2) is 47.3 Å². The van der Waals surface area contributed by atoms with Crippen molar-refractivity contribution in [2.24, 2.45) is 7.05 Å². The summed E-state index contributed by atoms with van der Waals surface area (Å²) in [6.07, 6.45) is 4.41. The molecule has 1 aliphatic rings. The fourth-order valence-corrected chi connectivity index (χ4v) is 4.48. The number of nitrogens with one attached hydrogen (secondary N) is 2. The number of anilines is 1. The molecule has 27 heavy (non-hydrogen) atoms. The van der Waals surface area contributed by atoms with Gasteiger partial charge in [0.25, 0.3) is 15.6 Å². The van der Waals surface area contributed by atoms with Crippen LogP contribution in [0, 0.1) is 0 Å². The first-order valence-corrected chi connectivity index (χ1v) is 10.6. The lowest BCUT2D eigenvalue weighted by molar-refractivity contribution is 0.448. The smallest absolute Gasteiger partial charge is 0.264 e. The summed E-state index contributed by atoms with van der Waals surface area (Å²) in [6, 6.07) is 3.07. The van der Waals surface area contributed by atoms with Gasteiger partial charge in [-0.25, -0.2) is 23.2 Å². The lowest BCUT2D eigenvalue weighted by Gasteiger charge is -2.36. The zero-order valence-corrected chi connectivity index (χ0v) is 16.7.